The third-order valence-electron chi connectivity index (χ3n) is 6.99. The van der Waals surface area contributed by atoms with E-state index < -0.39 is 0 Å². The van der Waals surface area contributed by atoms with Crippen molar-refractivity contribution in [3.05, 3.63) is 71.9 Å². The smallest absolute Gasteiger partial charge is 0.253 e. The molecule has 0 aliphatic carbocycles. The van der Waals surface area contributed by atoms with E-state index in [0.717, 1.165) is 61.3 Å². The Morgan fingerprint density at radius 1 is 1.00 bits per heavy atom. The molecule has 33 heavy (non-hydrogen) atoms. The van der Waals surface area contributed by atoms with Crippen LogP contribution in [0.1, 0.15) is 43.1 Å². The van der Waals surface area contributed by atoms with E-state index in [1.54, 1.807) is 0 Å². The molecule has 0 unspecified atom stereocenters. The molecule has 3 aromatic rings. The van der Waals surface area contributed by atoms with Crippen LogP contribution in [0.2, 0.25) is 0 Å². The SMILES string of the molecule is CC[C@@H](Cn1ccc2cc(C(=O)N3CCN(C(C)C)CC3)ccc21)C(=N)Cc1ccccc1. The maximum atomic E-state index is 13.1. The number of aromatic nitrogens is 1. The van der Waals surface area contributed by atoms with Gasteiger partial charge in [0.25, 0.3) is 5.91 Å². The molecule has 2 aromatic carbocycles. The first-order valence-corrected chi connectivity index (χ1v) is 12.2. The van der Waals surface area contributed by atoms with Gasteiger partial charge in [0.15, 0.2) is 0 Å². The quantitative estimate of drug-likeness (QED) is 0.492. The van der Waals surface area contributed by atoms with Crippen molar-refractivity contribution in [1.29, 1.82) is 5.41 Å². The fourth-order valence-electron chi connectivity index (χ4n) is 4.80. The molecule has 2 heterocycles. The lowest BCUT2D eigenvalue weighted by Gasteiger charge is -2.37. The van der Waals surface area contributed by atoms with Gasteiger partial charge in [-0.15, -0.1) is 0 Å². The molecule has 0 radical (unpaired) electrons. The lowest BCUT2D eigenvalue weighted by molar-refractivity contribution is 0.0595. The monoisotopic (exact) mass is 444 g/mol. The van der Waals surface area contributed by atoms with E-state index in [4.69, 9.17) is 5.41 Å². The Kier molecular flexibility index (Phi) is 7.29. The summed E-state index contributed by atoms with van der Waals surface area (Å²) >= 11 is 0. The molecule has 1 amide bonds. The molecule has 1 atom stereocenters. The summed E-state index contributed by atoms with van der Waals surface area (Å²) in [6.45, 7) is 10.8. The Morgan fingerprint density at radius 3 is 2.39 bits per heavy atom. The molecule has 1 aromatic heterocycles. The number of hydrogen-bond acceptors (Lipinski definition) is 3. The number of nitrogens with one attached hydrogen (secondary N) is 1. The Labute approximate surface area is 197 Å². The Bertz CT molecular complexity index is 1090. The summed E-state index contributed by atoms with van der Waals surface area (Å²) in [5.74, 6) is 0.323. The topological polar surface area (TPSA) is 52.3 Å². The highest BCUT2D eigenvalue weighted by molar-refractivity contribution is 5.98. The lowest BCUT2D eigenvalue weighted by Crippen LogP contribution is -2.50. The number of benzene rings is 2. The highest BCUT2D eigenvalue weighted by atomic mass is 16.2. The fraction of sp³-hybridized carbons (Fsp3) is 0.429. The second kappa shape index (κ2) is 10.3. The van der Waals surface area contributed by atoms with Gasteiger partial charge in [-0.25, -0.2) is 0 Å². The fourth-order valence-corrected chi connectivity index (χ4v) is 4.80. The van der Waals surface area contributed by atoms with Crippen LogP contribution in [0.15, 0.2) is 60.8 Å². The average molecular weight is 445 g/mol. The zero-order valence-corrected chi connectivity index (χ0v) is 20.1. The number of carbonyl (C=O) groups excluding carboxylic acids is 1. The first-order valence-electron chi connectivity index (χ1n) is 12.2. The van der Waals surface area contributed by atoms with E-state index >= 15 is 0 Å². The lowest BCUT2D eigenvalue weighted by atomic mass is 9.94. The third kappa shape index (κ3) is 5.36. The van der Waals surface area contributed by atoms with E-state index in [1.807, 2.05) is 35.2 Å². The Hall–Kier alpha value is -2.92. The summed E-state index contributed by atoms with van der Waals surface area (Å²) in [7, 11) is 0. The normalized spacial score (nSPS) is 15.8. The molecule has 4 rings (SSSR count). The van der Waals surface area contributed by atoms with Crippen molar-refractivity contribution in [2.24, 2.45) is 5.92 Å². The van der Waals surface area contributed by atoms with Gasteiger partial charge in [-0.05, 0) is 50.1 Å². The number of hydrogen-bond donors (Lipinski definition) is 1. The van der Waals surface area contributed by atoms with Crippen LogP contribution in [-0.2, 0) is 13.0 Å². The molecule has 174 valence electrons. The van der Waals surface area contributed by atoms with Crippen LogP contribution in [0, 0.1) is 11.3 Å². The Balaban J connectivity index is 1.44. The molecular formula is C28H36N4O. The number of rotatable bonds is 8. The largest absolute Gasteiger partial charge is 0.347 e. The summed E-state index contributed by atoms with van der Waals surface area (Å²) in [5, 5.41) is 9.76. The molecule has 1 fully saturated rings. The zero-order valence-electron chi connectivity index (χ0n) is 20.1. The predicted molar refractivity (Wildman–Crippen MR) is 136 cm³/mol. The van der Waals surface area contributed by atoms with Crippen LogP contribution in [0.3, 0.4) is 0 Å². The summed E-state index contributed by atoms with van der Waals surface area (Å²) in [4.78, 5) is 17.5. The van der Waals surface area contributed by atoms with Gasteiger partial charge in [0.2, 0.25) is 0 Å². The van der Waals surface area contributed by atoms with E-state index in [2.05, 4.69) is 60.7 Å². The second-order valence-corrected chi connectivity index (χ2v) is 9.46. The molecule has 5 nitrogen and oxygen atoms in total. The third-order valence-corrected chi connectivity index (χ3v) is 6.99. The van der Waals surface area contributed by atoms with Gasteiger partial charge in [0.1, 0.15) is 0 Å². The molecule has 1 N–H and O–H groups in total. The molecule has 1 saturated heterocycles. The number of carbonyl (C=O) groups is 1. The predicted octanol–water partition coefficient (Wildman–Crippen LogP) is 5.10. The number of piperazine rings is 1. The van der Waals surface area contributed by atoms with Crippen LogP contribution in [0.5, 0.6) is 0 Å². The highest BCUT2D eigenvalue weighted by Gasteiger charge is 2.23. The maximum Gasteiger partial charge on any atom is 0.253 e. The molecular weight excluding hydrogens is 408 g/mol. The van der Waals surface area contributed by atoms with Gasteiger partial charge in [0, 0.05) is 79.5 Å². The van der Waals surface area contributed by atoms with Crippen LogP contribution in [0.25, 0.3) is 10.9 Å². The van der Waals surface area contributed by atoms with Gasteiger partial charge >= 0.3 is 0 Å². The van der Waals surface area contributed by atoms with Crippen LogP contribution < -0.4 is 0 Å². The van der Waals surface area contributed by atoms with Gasteiger partial charge in [-0.3, -0.25) is 9.69 Å². The van der Waals surface area contributed by atoms with E-state index in [0.29, 0.717) is 12.5 Å². The van der Waals surface area contributed by atoms with Crippen molar-refractivity contribution in [3.8, 4) is 0 Å². The van der Waals surface area contributed by atoms with Gasteiger partial charge in [0.05, 0.1) is 0 Å². The van der Waals surface area contributed by atoms with Crippen molar-refractivity contribution in [2.45, 2.75) is 46.2 Å². The Morgan fingerprint density at radius 2 is 1.73 bits per heavy atom. The van der Waals surface area contributed by atoms with E-state index in [1.165, 1.54) is 5.56 Å². The average Bonchev–Trinajstić information content (AvgIpc) is 3.24. The number of fused-ring (bicyclic) bond motifs is 1. The van der Waals surface area contributed by atoms with Crippen molar-refractivity contribution in [3.63, 3.8) is 0 Å². The summed E-state index contributed by atoms with van der Waals surface area (Å²) in [6, 6.07) is 18.9. The number of amides is 1. The number of nitrogens with zero attached hydrogens (tertiary/aromatic N) is 3. The van der Waals surface area contributed by atoms with E-state index in [9.17, 15) is 4.79 Å². The van der Waals surface area contributed by atoms with E-state index in [-0.39, 0.29) is 11.8 Å². The van der Waals surface area contributed by atoms with Crippen molar-refractivity contribution in [1.82, 2.24) is 14.4 Å². The maximum absolute atomic E-state index is 13.1. The van der Waals surface area contributed by atoms with Crippen molar-refractivity contribution >= 4 is 22.5 Å². The highest BCUT2D eigenvalue weighted by Crippen LogP contribution is 2.22. The second-order valence-electron chi connectivity index (χ2n) is 9.46. The van der Waals surface area contributed by atoms with Crippen LogP contribution in [0.4, 0.5) is 0 Å². The van der Waals surface area contributed by atoms with Crippen molar-refractivity contribution < 1.29 is 4.79 Å². The molecule has 5 heteroatoms. The molecule has 0 bridgehead atoms. The molecule has 1 aliphatic heterocycles. The zero-order chi connectivity index (χ0) is 23.4. The van der Waals surface area contributed by atoms with Gasteiger partial charge in [-0.1, -0.05) is 37.3 Å². The van der Waals surface area contributed by atoms with Crippen LogP contribution in [-0.4, -0.2) is 58.2 Å². The molecule has 0 saturated carbocycles. The van der Waals surface area contributed by atoms with Gasteiger partial charge < -0.3 is 14.9 Å². The standard InChI is InChI=1S/C28H36N4O/c1-4-23(26(29)18-22-8-6-5-7-9-22)20-32-13-12-24-19-25(10-11-27(24)32)28(33)31-16-14-30(15-17-31)21(2)3/h5-13,19,21,23,29H,4,14-18,20H2,1-3H3/t23-/m0/s1. The molecule has 1 aliphatic rings. The van der Waals surface area contributed by atoms with Gasteiger partial charge in [-0.2, -0.15) is 0 Å². The summed E-state index contributed by atoms with van der Waals surface area (Å²) < 4.78 is 2.23. The summed E-state index contributed by atoms with van der Waals surface area (Å²) in [5.41, 5.74) is 3.86. The van der Waals surface area contributed by atoms with Crippen LogP contribution >= 0.6 is 0 Å². The minimum absolute atomic E-state index is 0.129. The summed E-state index contributed by atoms with van der Waals surface area (Å²) in [6.07, 6.45) is 3.73. The first kappa shape index (κ1) is 23.2. The first-order chi connectivity index (χ1) is 16.0. The van der Waals surface area contributed by atoms with Crippen molar-refractivity contribution in [2.75, 3.05) is 26.2 Å². The minimum Gasteiger partial charge on any atom is -0.347 e. The molecule has 0 spiro atoms. The minimum atomic E-state index is 0.129.